The van der Waals surface area contributed by atoms with E-state index in [0.29, 0.717) is 25.7 Å². The van der Waals surface area contributed by atoms with Crippen molar-refractivity contribution < 1.29 is 80.2 Å². The minimum absolute atomic E-state index is 0.102. The molecule has 0 aliphatic rings. The molecule has 17 nitrogen and oxygen atoms in total. The molecule has 6 atom stereocenters. The molecule has 0 fully saturated rings. The van der Waals surface area contributed by atoms with Gasteiger partial charge in [-0.3, -0.25) is 37.3 Å². The average molecular weight is 1450 g/mol. The molecule has 0 aliphatic carbocycles. The molecule has 0 aromatic heterocycles. The third-order valence-corrected chi connectivity index (χ3v) is 20.4. The van der Waals surface area contributed by atoms with E-state index in [1.54, 1.807) is 0 Å². The fourth-order valence-electron chi connectivity index (χ4n) is 11.8. The van der Waals surface area contributed by atoms with E-state index in [-0.39, 0.29) is 25.7 Å². The van der Waals surface area contributed by atoms with Crippen LogP contribution in [0.25, 0.3) is 0 Å². The first-order chi connectivity index (χ1) is 48.1. The van der Waals surface area contributed by atoms with Crippen LogP contribution in [0, 0.1) is 5.92 Å². The molecule has 19 heteroatoms. The number of unbranched alkanes of at least 4 members (excludes halogenated alkanes) is 46. The van der Waals surface area contributed by atoms with Gasteiger partial charge in [0.05, 0.1) is 26.4 Å². The Kier molecular flexibility index (Phi) is 70.7. The van der Waals surface area contributed by atoms with Gasteiger partial charge in [0.1, 0.15) is 19.3 Å². The van der Waals surface area contributed by atoms with Gasteiger partial charge in [0.15, 0.2) is 12.2 Å². The third kappa shape index (κ3) is 72.3. The lowest BCUT2D eigenvalue weighted by Crippen LogP contribution is -2.30. The van der Waals surface area contributed by atoms with Crippen molar-refractivity contribution in [1.29, 1.82) is 0 Å². The predicted octanol–water partition coefficient (Wildman–Crippen LogP) is 23.6. The van der Waals surface area contributed by atoms with Crippen LogP contribution in [0.4, 0.5) is 0 Å². The summed E-state index contributed by atoms with van der Waals surface area (Å²) in [6.07, 6.45) is 65.8. The van der Waals surface area contributed by atoms with Gasteiger partial charge in [-0.2, -0.15) is 0 Å². The van der Waals surface area contributed by atoms with Crippen molar-refractivity contribution in [2.75, 3.05) is 39.6 Å². The van der Waals surface area contributed by atoms with Crippen LogP contribution in [-0.2, 0) is 65.4 Å². The SMILES string of the molecule is CCCCCC/C=C\C=C/CCCCCCCC(=O)OC[C@H](COP(=O)(O)OC[C@@H](O)COP(=O)(O)OC[C@@H](COC(=O)CCCCCCCCCCC(C)CC)OC(=O)CCCCCCCCCCCCCCCC)OC(=O)CCCCCCCCCCCCCCCCCCCC. The highest BCUT2D eigenvalue weighted by Crippen LogP contribution is 2.45. The van der Waals surface area contributed by atoms with Crippen LogP contribution in [-0.4, -0.2) is 96.7 Å². The molecular formula is C80H152O17P2. The van der Waals surface area contributed by atoms with Crippen molar-refractivity contribution >= 4 is 39.5 Å². The lowest BCUT2D eigenvalue weighted by molar-refractivity contribution is -0.161. The van der Waals surface area contributed by atoms with Gasteiger partial charge in [0, 0.05) is 25.7 Å². The van der Waals surface area contributed by atoms with Crippen LogP contribution in [0.1, 0.15) is 401 Å². The molecule has 0 aliphatic heterocycles. The topological polar surface area (TPSA) is 237 Å². The van der Waals surface area contributed by atoms with Crippen molar-refractivity contribution in [3.63, 3.8) is 0 Å². The number of ether oxygens (including phenoxy) is 4. The third-order valence-electron chi connectivity index (χ3n) is 18.5. The smallest absolute Gasteiger partial charge is 0.462 e. The van der Waals surface area contributed by atoms with Crippen molar-refractivity contribution in [3.8, 4) is 0 Å². The summed E-state index contributed by atoms with van der Waals surface area (Å²) in [6.45, 7) is 7.26. The Bertz CT molecular complexity index is 1990. The minimum Gasteiger partial charge on any atom is -0.462 e. The van der Waals surface area contributed by atoms with Gasteiger partial charge >= 0.3 is 39.5 Å². The number of allylic oxidation sites excluding steroid dienone is 4. The zero-order chi connectivity index (χ0) is 72.7. The van der Waals surface area contributed by atoms with Crippen molar-refractivity contribution in [2.24, 2.45) is 5.92 Å². The lowest BCUT2D eigenvalue weighted by atomic mass is 9.99. The van der Waals surface area contributed by atoms with Crippen LogP contribution in [0.5, 0.6) is 0 Å². The van der Waals surface area contributed by atoms with E-state index < -0.39 is 97.5 Å². The number of carbonyl (C=O) groups is 4. The number of hydrogen-bond donors (Lipinski definition) is 3. The quantitative estimate of drug-likeness (QED) is 0.0169. The van der Waals surface area contributed by atoms with E-state index in [0.717, 1.165) is 115 Å². The van der Waals surface area contributed by atoms with E-state index in [9.17, 15) is 43.2 Å². The van der Waals surface area contributed by atoms with Gasteiger partial charge in [-0.15, -0.1) is 0 Å². The highest BCUT2D eigenvalue weighted by molar-refractivity contribution is 7.47. The molecule has 0 bridgehead atoms. The van der Waals surface area contributed by atoms with Crippen molar-refractivity contribution in [3.05, 3.63) is 24.3 Å². The Morgan fingerprint density at radius 3 is 0.859 bits per heavy atom. The summed E-state index contributed by atoms with van der Waals surface area (Å²) >= 11 is 0. The molecule has 584 valence electrons. The first kappa shape index (κ1) is 96.5. The molecule has 0 saturated heterocycles. The van der Waals surface area contributed by atoms with E-state index in [2.05, 4.69) is 58.9 Å². The number of rotatable bonds is 78. The molecule has 3 unspecified atom stereocenters. The summed E-state index contributed by atoms with van der Waals surface area (Å²) in [5, 5.41) is 10.6. The Hall–Kier alpha value is -2.46. The van der Waals surface area contributed by atoms with Crippen LogP contribution in [0.3, 0.4) is 0 Å². The molecule has 3 N–H and O–H groups in total. The van der Waals surface area contributed by atoms with E-state index >= 15 is 0 Å². The maximum absolute atomic E-state index is 13.1. The second-order valence-corrected chi connectivity index (χ2v) is 31.3. The normalized spacial score (nSPS) is 14.3. The summed E-state index contributed by atoms with van der Waals surface area (Å²) in [5.41, 5.74) is 0. The Morgan fingerprint density at radius 2 is 0.566 bits per heavy atom. The van der Waals surface area contributed by atoms with Gasteiger partial charge in [-0.25, -0.2) is 9.13 Å². The van der Waals surface area contributed by atoms with Gasteiger partial charge in [-0.05, 0) is 57.3 Å². The van der Waals surface area contributed by atoms with Gasteiger partial charge in [0.25, 0.3) is 0 Å². The van der Waals surface area contributed by atoms with Crippen molar-refractivity contribution in [2.45, 2.75) is 419 Å². The van der Waals surface area contributed by atoms with Crippen LogP contribution < -0.4 is 0 Å². The highest BCUT2D eigenvalue weighted by Gasteiger charge is 2.30. The van der Waals surface area contributed by atoms with Gasteiger partial charge < -0.3 is 33.8 Å². The maximum atomic E-state index is 13.1. The second-order valence-electron chi connectivity index (χ2n) is 28.4. The first-order valence-electron chi connectivity index (χ1n) is 41.0. The monoisotopic (exact) mass is 1450 g/mol. The van der Waals surface area contributed by atoms with Crippen molar-refractivity contribution in [1.82, 2.24) is 0 Å². The summed E-state index contributed by atoms with van der Waals surface area (Å²) in [4.78, 5) is 73.0. The average Bonchev–Trinajstić information content (AvgIpc) is 1.42. The highest BCUT2D eigenvalue weighted by atomic mass is 31.2. The van der Waals surface area contributed by atoms with E-state index in [1.807, 2.05) is 0 Å². The zero-order valence-electron chi connectivity index (χ0n) is 64.1. The summed E-state index contributed by atoms with van der Waals surface area (Å²) in [6, 6.07) is 0. The molecule has 99 heavy (non-hydrogen) atoms. The molecule has 0 saturated carbocycles. The molecule has 0 spiro atoms. The molecule has 0 radical (unpaired) electrons. The Balaban J connectivity index is 5.29. The number of aliphatic hydroxyl groups is 1. The second kappa shape index (κ2) is 72.5. The summed E-state index contributed by atoms with van der Waals surface area (Å²) in [5.74, 6) is -1.36. The zero-order valence-corrected chi connectivity index (χ0v) is 65.9. The largest absolute Gasteiger partial charge is 0.472 e. The van der Waals surface area contributed by atoms with Gasteiger partial charge in [-0.1, -0.05) is 348 Å². The number of aliphatic hydroxyl groups excluding tert-OH is 1. The minimum atomic E-state index is -4.97. The fraction of sp³-hybridized carbons (Fsp3) is 0.900. The first-order valence-corrected chi connectivity index (χ1v) is 44.0. The Morgan fingerprint density at radius 1 is 0.323 bits per heavy atom. The molecule has 0 aromatic rings. The standard InChI is InChI=1S/C80H152O17P2/c1-6-10-13-16-19-22-25-28-31-32-33-35-38-41-44-51-56-61-66-80(85)96-75(69-90-77(82)63-58-53-48-42-39-37-34-29-26-23-20-17-14-11-7-2)71-94-98(86,87)92-67-74(81)68-93-99(88,89)95-72-76(70-91-78(83)64-59-54-49-46-45-47-52-57-62-73(5)9-4)97-79(84)65-60-55-50-43-40-36-30-27-24-21-18-15-12-8-3/h23,26,29,34,73-76,81H,6-22,24-25,27-28,30-33,35-72H2,1-5H3,(H,86,87)(H,88,89)/b26-23-,34-29-/t73?,74-,75-,76-/m1/s1. The van der Waals surface area contributed by atoms with E-state index in [1.165, 1.54) is 205 Å². The van der Waals surface area contributed by atoms with Gasteiger partial charge in [0.2, 0.25) is 0 Å². The number of phosphoric acid groups is 2. The molecule has 0 aromatic carbocycles. The van der Waals surface area contributed by atoms with Crippen LogP contribution in [0.15, 0.2) is 24.3 Å². The molecule has 0 rings (SSSR count). The number of carbonyl (C=O) groups excluding carboxylic acids is 4. The molecular weight excluding hydrogens is 1290 g/mol. The maximum Gasteiger partial charge on any atom is 0.472 e. The summed E-state index contributed by atoms with van der Waals surface area (Å²) in [7, 11) is -9.93. The van der Waals surface area contributed by atoms with Crippen LogP contribution in [0.2, 0.25) is 0 Å². The summed E-state index contributed by atoms with van der Waals surface area (Å²) < 4.78 is 68.7. The van der Waals surface area contributed by atoms with E-state index in [4.69, 9.17) is 37.0 Å². The van der Waals surface area contributed by atoms with Crippen LogP contribution >= 0.6 is 15.6 Å². The number of hydrogen-bond acceptors (Lipinski definition) is 15. The molecule has 0 amide bonds. The predicted molar refractivity (Wildman–Crippen MR) is 404 cm³/mol. The number of phosphoric ester groups is 2. The lowest BCUT2D eigenvalue weighted by Gasteiger charge is -2.21. The Labute approximate surface area is 605 Å². The fourth-order valence-corrected chi connectivity index (χ4v) is 13.4. The number of esters is 4. The molecule has 0 heterocycles.